The van der Waals surface area contributed by atoms with Gasteiger partial charge in [-0.2, -0.15) is 13.2 Å². The summed E-state index contributed by atoms with van der Waals surface area (Å²) in [4.78, 5) is 4.19. The molecule has 0 N–H and O–H groups in total. The van der Waals surface area contributed by atoms with Crippen LogP contribution in [-0.4, -0.2) is 43.2 Å². The van der Waals surface area contributed by atoms with Crippen LogP contribution in [-0.2, 0) is 6.18 Å². The van der Waals surface area contributed by atoms with Gasteiger partial charge in [-0.3, -0.25) is 4.90 Å². The molecule has 20 heavy (non-hydrogen) atoms. The largest absolute Gasteiger partial charge is 0.485 e. The van der Waals surface area contributed by atoms with Gasteiger partial charge < -0.3 is 14.1 Å². The maximum Gasteiger partial charge on any atom is 0.423 e. The Morgan fingerprint density at radius 3 is 2.70 bits per heavy atom. The lowest BCUT2D eigenvalue weighted by Crippen LogP contribution is -2.58. The zero-order chi connectivity index (χ0) is 14.5. The van der Waals surface area contributed by atoms with Gasteiger partial charge in [0.2, 0.25) is 5.88 Å². The first-order valence-corrected chi connectivity index (χ1v) is 6.70. The molecule has 0 amide bonds. The summed E-state index contributed by atoms with van der Waals surface area (Å²) in [6.07, 6.45) is -3.69. The summed E-state index contributed by atoms with van der Waals surface area (Å²) in [5, 5.41) is 0. The van der Waals surface area contributed by atoms with Crippen LogP contribution in [0.3, 0.4) is 0 Å². The summed E-state index contributed by atoms with van der Waals surface area (Å²) in [5.41, 5.74) is -0.822. The Hall–Kier alpha value is -1.37. The number of halogens is 3. The normalized spacial score (nSPS) is 23.5. The first-order chi connectivity index (χ1) is 9.38. The molecule has 1 aromatic rings. The number of nitrogens with zero attached hydrogens (tertiary/aromatic N) is 2. The van der Waals surface area contributed by atoms with Gasteiger partial charge in [0.25, 0.3) is 0 Å². The molecule has 4 nitrogen and oxygen atoms in total. The second-order valence-electron chi connectivity index (χ2n) is 5.53. The summed E-state index contributed by atoms with van der Waals surface area (Å²) < 4.78 is 49.0. The van der Waals surface area contributed by atoms with E-state index in [1.807, 2.05) is 4.90 Å². The third-order valence-electron chi connectivity index (χ3n) is 3.96. The summed E-state index contributed by atoms with van der Waals surface area (Å²) in [5.74, 6) is 0.0590. The molecule has 7 heteroatoms. The number of alkyl halides is 3. The van der Waals surface area contributed by atoms with E-state index in [1.165, 1.54) is 0 Å². The molecule has 2 aliphatic rings. The lowest BCUT2D eigenvalue weighted by molar-refractivity contribution is -0.139. The highest BCUT2D eigenvalue weighted by Gasteiger charge is 2.43. The molecule has 1 aromatic heterocycles. The van der Waals surface area contributed by atoms with Crippen LogP contribution in [0.15, 0.2) is 10.7 Å². The third kappa shape index (κ3) is 2.13. The van der Waals surface area contributed by atoms with Crippen LogP contribution in [0.5, 0.6) is 5.75 Å². The summed E-state index contributed by atoms with van der Waals surface area (Å²) in [6, 6.07) is 0.465. The molecule has 1 unspecified atom stereocenters. The molecule has 1 atom stereocenters. The van der Waals surface area contributed by atoms with E-state index >= 15 is 0 Å². The molecule has 0 bridgehead atoms. The predicted molar refractivity (Wildman–Crippen MR) is 67.0 cm³/mol. The van der Waals surface area contributed by atoms with Gasteiger partial charge in [0.15, 0.2) is 5.75 Å². The molecule has 112 valence electrons. The van der Waals surface area contributed by atoms with Crippen LogP contribution in [0, 0.1) is 0 Å². The van der Waals surface area contributed by atoms with Crippen molar-refractivity contribution in [3.8, 4) is 5.75 Å². The summed E-state index contributed by atoms with van der Waals surface area (Å²) in [7, 11) is 0. The third-order valence-corrected chi connectivity index (χ3v) is 3.96. The maximum absolute atomic E-state index is 12.8. The Bertz CT molecular complexity index is 498. The zero-order valence-electron chi connectivity index (χ0n) is 11.4. The van der Waals surface area contributed by atoms with Crippen molar-refractivity contribution in [2.24, 2.45) is 0 Å². The zero-order valence-corrected chi connectivity index (χ0v) is 11.4. The number of hydrogen-bond acceptors (Lipinski definition) is 4. The first kappa shape index (κ1) is 13.6. The summed E-state index contributed by atoms with van der Waals surface area (Å²) in [6.45, 7) is 6.73. The predicted octanol–water partition coefficient (Wildman–Crippen LogP) is 2.59. The number of anilines is 1. The minimum atomic E-state index is -4.44. The molecular weight excluding hydrogens is 273 g/mol. The van der Waals surface area contributed by atoms with Crippen molar-refractivity contribution >= 4 is 5.88 Å². The molecule has 1 fully saturated rings. The number of piperazine rings is 1. The fourth-order valence-electron chi connectivity index (χ4n) is 2.81. The van der Waals surface area contributed by atoms with Crippen LogP contribution in [0.2, 0.25) is 0 Å². The molecule has 1 saturated heterocycles. The smallest absolute Gasteiger partial charge is 0.423 e. The van der Waals surface area contributed by atoms with E-state index in [0.717, 1.165) is 19.4 Å². The van der Waals surface area contributed by atoms with Crippen molar-refractivity contribution in [2.75, 3.05) is 31.1 Å². The minimum absolute atomic E-state index is 0.0471. The van der Waals surface area contributed by atoms with Gasteiger partial charge >= 0.3 is 6.18 Å². The van der Waals surface area contributed by atoms with E-state index < -0.39 is 11.7 Å². The van der Waals surface area contributed by atoms with Crippen molar-refractivity contribution in [3.63, 3.8) is 0 Å². The van der Waals surface area contributed by atoms with Crippen LogP contribution in [0.4, 0.5) is 19.1 Å². The fourth-order valence-corrected chi connectivity index (χ4v) is 2.81. The van der Waals surface area contributed by atoms with E-state index in [1.54, 1.807) is 0 Å². The lowest BCUT2D eigenvalue weighted by atomic mass is 10.1. The molecule has 0 aliphatic carbocycles. The average Bonchev–Trinajstić information content (AvgIpc) is 2.81. The molecule has 0 radical (unpaired) electrons. The first-order valence-electron chi connectivity index (χ1n) is 6.70. The van der Waals surface area contributed by atoms with E-state index in [4.69, 9.17) is 9.15 Å². The van der Waals surface area contributed by atoms with Crippen LogP contribution in [0.1, 0.15) is 19.4 Å². The Morgan fingerprint density at radius 1 is 1.30 bits per heavy atom. The van der Waals surface area contributed by atoms with Gasteiger partial charge in [0.1, 0.15) is 18.4 Å². The van der Waals surface area contributed by atoms with Crippen LogP contribution in [0.25, 0.3) is 0 Å². The van der Waals surface area contributed by atoms with E-state index in [2.05, 4.69) is 18.7 Å². The van der Waals surface area contributed by atoms with Crippen molar-refractivity contribution in [2.45, 2.75) is 32.1 Å². The highest BCUT2D eigenvalue weighted by Crippen LogP contribution is 2.46. The van der Waals surface area contributed by atoms with E-state index in [0.29, 0.717) is 12.6 Å². The monoisotopic (exact) mass is 290 g/mol. The highest BCUT2D eigenvalue weighted by molar-refractivity contribution is 5.58. The molecule has 3 rings (SSSR count). The maximum atomic E-state index is 12.8. The molecule has 0 saturated carbocycles. The molecule has 2 aliphatic heterocycles. The van der Waals surface area contributed by atoms with Crippen molar-refractivity contribution in [1.82, 2.24) is 4.90 Å². The molecule has 0 aromatic carbocycles. The topological polar surface area (TPSA) is 28.9 Å². The van der Waals surface area contributed by atoms with Gasteiger partial charge in [-0.25, -0.2) is 0 Å². The van der Waals surface area contributed by atoms with Gasteiger partial charge in [-0.15, -0.1) is 0 Å². The molecule has 0 spiro atoms. The Balaban J connectivity index is 1.86. The van der Waals surface area contributed by atoms with Crippen molar-refractivity contribution in [1.29, 1.82) is 0 Å². The average molecular weight is 290 g/mol. The quantitative estimate of drug-likeness (QED) is 0.795. The number of furan rings is 1. The lowest BCUT2D eigenvalue weighted by Gasteiger charge is -2.44. The molecular formula is C13H17F3N2O2. The number of ether oxygens (including phenoxy) is 1. The van der Waals surface area contributed by atoms with Gasteiger partial charge in [0.05, 0.1) is 6.04 Å². The van der Waals surface area contributed by atoms with Gasteiger partial charge in [-0.05, 0) is 13.8 Å². The molecule has 3 heterocycles. The second kappa shape index (κ2) is 4.58. The SMILES string of the molecule is CC(C)N1CCN2c3occ(C(F)(F)F)c3OCC2C1. The number of fused-ring (bicyclic) bond motifs is 3. The Morgan fingerprint density at radius 2 is 2.05 bits per heavy atom. The van der Waals surface area contributed by atoms with E-state index in [-0.39, 0.29) is 24.3 Å². The van der Waals surface area contributed by atoms with Gasteiger partial charge in [0, 0.05) is 25.7 Å². The highest BCUT2D eigenvalue weighted by atomic mass is 19.4. The Kier molecular flexibility index (Phi) is 3.12. The standard InChI is InChI=1S/C13H17F3N2O2/c1-8(2)17-3-4-18-9(5-17)6-19-11-10(13(14,15)16)7-20-12(11)18/h7-9H,3-6H2,1-2H3. The van der Waals surface area contributed by atoms with Crippen molar-refractivity contribution in [3.05, 3.63) is 11.8 Å². The number of hydrogen-bond donors (Lipinski definition) is 0. The minimum Gasteiger partial charge on any atom is -0.485 e. The number of rotatable bonds is 1. The second-order valence-corrected chi connectivity index (χ2v) is 5.53. The van der Waals surface area contributed by atoms with Crippen LogP contribution >= 0.6 is 0 Å². The Labute approximate surface area is 115 Å². The van der Waals surface area contributed by atoms with Crippen molar-refractivity contribution < 1.29 is 22.3 Å². The van der Waals surface area contributed by atoms with Gasteiger partial charge in [-0.1, -0.05) is 0 Å². The van der Waals surface area contributed by atoms with Crippen LogP contribution < -0.4 is 9.64 Å². The van der Waals surface area contributed by atoms with E-state index in [9.17, 15) is 13.2 Å². The fraction of sp³-hybridized carbons (Fsp3) is 0.692. The summed E-state index contributed by atoms with van der Waals surface area (Å²) >= 11 is 0.